The molecule has 0 amide bonds. The van der Waals surface area contributed by atoms with Crippen molar-refractivity contribution in [3.8, 4) is 0 Å². The summed E-state index contributed by atoms with van der Waals surface area (Å²) in [6.07, 6.45) is 0. The number of rotatable bonds is 2. The summed E-state index contributed by atoms with van der Waals surface area (Å²) in [5.41, 5.74) is 2.98. The average Bonchev–Trinajstić information content (AvgIpc) is 2.04. The van der Waals surface area contributed by atoms with Crippen molar-refractivity contribution in [2.24, 2.45) is 0 Å². The summed E-state index contributed by atoms with van der Waals surface area (Å²) in [5, 5.41) is 7.34. The van der Waals surface area contributed by atoms with E-state index in [0.29, 0.717) is 0 Å². The zero-order chi connectivity index (χ0) is 9.84. The minimum absolute atomic E-state index is 0.191. The fourth-order valence-corrected chi connectivity index (χ4v) is 0.908. The van der Waals surface area contributed by atoms with Crippen LogP contribution >= 0.6 is 0 Å². The average molecular weight is 181 g/mol. The summed E-state index contributed by atoms with van der Waals surface area (Å²) in [5.74, 6) is -0.191. The normalized spacial score (nSPS) is 9.69. The topological polar surface area (TPSA) is 78.0 Å². The van der Waals surface area contributed by atoms with Gasteiger partial charge in [0.1, 0.15) is 5.56 Å². The van der Waals surface area contributed by atoms with Gasteiger partial charge in [0.05, 0.1) is 0 Å². The number of aromatic nitrogens is 1. The SMILES string of the molecule is CNOC(=N)c1ccc(C)[nH]c1=O. The Morgan fingerprint density at radius 2 is 2.31 bits per heavy atom. The van der Waals surface area contributed by atoms with Crippen LogP contribution in [-0.2, 0) is 4.84 Å². The molecule has 0 atom stereocenters. The predicted molar refractivity (Wildman–Crippen MR) is 48.8 cm³/mol. The molecule has 3 N–H and O–H groups in total. The van der Waals surface area contributed by atoms with Gasteiger partial charge in [0.25, 0.3) is 5.56 Å². The summed E-state index contributed by atoms with van der Waals surface area (Å²) in [7, 11) is 1.52. The molecule has 0 unspecified atom stereocenters. The van der Waals surface area contributed by atoms with Gasteiger partial charge in [-0.2, -0.15) is 5.48 Å². The van der Waals surface area contributed by atoms with E-state index in [1.165, 1.54) is 7.05 Å². The van der Waals surface area contributed by atoms with Crippen molar-refractivity contribution >= 4 is 5.90 Å². The summed E-state index contributed by atoms with van der Waals surface area (Å²) in [4.78, 5) is 18.5. The molecule has 0 aromatic carbocycles. The number of hydroxylamine groups is 1. The van der Waals surface area contributed by atoms with Crippen LogP contribution in [0.15, 0.2) is 16.9 Å². The highest BCUT2D eigenvalue weighted by Gasteiger charge is 2.06. The molecule has 0 saturated carbocycles. The second-order valence-electron chi connectivity index (χ2n) is 2.52. The van der Waals surface area contributed by atoms with Gasteiger partial charge < -0.3 is 9.82 Å². The third-order valence-corrected chi connectivity index (χ3v) is 1.50. The van der Waals surface area contributed by atoms with Gasteiger partial charge in [0.2, 0.25) is 5.90 Å². The highest BCUT2D eigenvalue weighted by atomic mass is 16.6. The van der Waals surface area contributed by atoms with Crippen molar-refractivity contribution in [2.45, 2.75) is 6.92 Å². The number of aryl methyl sites for hydroxylation is 1. The Kier molecular flexibility index (Phi) is 2.81. The standard InChI is InChI=1S/C8H11N3O2/c1-5-3-4-6(8(12)11-5)7(9)13-10-2/h3-4,9-10H,1-2H3,(H,11,12). The summed E-state index contributed by atoms with van der Waals surface area (Å²) in [6, 6.07) is 3.26. The number of pyridine rings is 1. The van der Waals surface area contributed by atoms with E-state index in [9.17, 15) is 4.79 Å². The quantitative estimate of drug-likeness (QED) is 0.345. The zero-order valence-corrected chi connectivity index (χ0v) is 7.47. The molecule has 1 aromatic rings. The lowest BCUT2D eigenvalue weighted by Crippen LogP contribution is -2.23. The highest BCUT2D eigenvalue weighted by molar-refractivity contribution is 5.90. The maximum atomic E-state index is 11.3. The molecular formula is C8H11N3O2. The van der Waals surface area contributed by atoms with Gasteiger partial charge in [-0.25, -0.2) is 0 Å². The minimum Gasteiger partial charge on any atom is -0.388 e. The van der Waals surface area contributed by atoms with Crippen LogP contribution in [-0.4, -0.2) is 17.9 Å². The maximum Gasteiger partial charge on any atom is 0.260 e. The van der Waals surface area contributed by atoms with Crippen LogP contribution in [0.4, 0.5) is 0 Å². The van der Waals surface area contributed by atoms with Crippen molar-refractivity contribution in [1.82, 2.24) is 10.5 Å². The summed E-state index contributed by atoms with van der Waals surface area (Å²) < 4.78 is 0. The third-order valence-electron chi connectivity index (χ3n) is 1.50. The van der Waals surface area contributed by atoms with Crippen LogP contribution < -0.4 is 11.0 Å². The molecule has 0 aliphatic rings. The zero-order valence-electron chi connectivity index (χ0n) is 7.47. The van der Waals surface area contributed by atoms with E-state index >= 15 is 0 Å². The van der Waals surface area contributed by atoms with E-state index in [4.69, 9.17) is 5.41 Å². The molecule has 5 heteroatoms. The number of H-pyrrole nitrogens is 1. The van der Waals surface area contributed by atoms with Crippen LogP contribution in [0.5, 0.6) is 0 Å². The first-order valence-electron chi connectivity index (χ1n) is 3.77. The Labute approximate surface area is 75.2 Å². The van der Waals surface area contributed by atoms with Crippen LogP contribution in [0.3, 0.4) is 0 Å². The predicted octanol–water partition coefficient (Wildman–Crippen LogP) is 0.160. The van der Waals surface area contributed by atoms with Crippen LogP contribution in [0.2, 0.25) is 0 Å². The molecule has 0 aliphatic carbocycles. The van der Waals surface area contributed by atoms with E-state index in [2.05, 4.69) is 15.3 Å². The first-order valence-corrected chi connectivity index (χ1v) is 3.77. The highest BCUT2D eigenvalue weighted by Crippen LogP contribution is 1.94. The Balaban J connectivity index is 3.02. The molecule has 70 valence electrons. The van der Waals surface area contributed by atoms with Gasteiger partial charge >= 0.3 is 0 Å². The molecular weight excluding hydrogens is 170 g/mol. The molecule has 0 saturated heterocycles. The molecule has 0 aliphatic heterocycles. The fraction of sp³-hybridized carbons (Fsp3) is 0.250. The molecule has 5 nitrogen and oxygen atoms in total. The summed E-state index contributed by atoms with van der Waals surface area (Å²) in [6.45, 7) is 1.77. The van der Waals surface area contributed by atoms with E-state index in [-0.39, 0.29) is 17.0 Å². The van der Waals surface area contributed by atoms with E-state index in [0.717, 1.165) is 5.69 Å². The Morgan fingerprint density at radius 3 is 2.85 bits per heavy atom. The van der Waals surface area contributed by atoms with Gasteiger partial charge in [0, 0.05) is 12.7 Å². The van der Waals surface area contributed by atoms with Crippen LogP contribution in [0.1, 0.15) is 11.3 Å². The van der Waals surface area contributed by atoms with Crippen molar-refractivity contribution in [3.05, 3.63) is 33.7 Å². The molecule has 13 heavy (non-hydrogen) atoms. The van der Waals surface area contributed by atoms with Crippen molar-refractivity contribution in [3.63, 3.8) is 0 Å². The first-order chi connectivity index (χ1) is 6.15. The number of hydrogen-bond acceptors (Lipinski definition) is 4. The second-order valence-corrected chi connectivity index (χ2v) is 2.52. The van der Waals surface area contributed by atoms with Gasteiger partial charge in [-0.3, -0.25) is 10.2 Å². The van der Waals surface area contributed by atoms with E-state index < -0.39 is 0 Å². The summed E-state index contributed by atoms with van der Waals surface area (Å²) >= 11 is 0. The smallest absolute Gasteiger partial charge is 0.260 e. The lowest BCUT2D eigenvalue weighted by molar-refractivity contribution is 0.207. The van der Waals surface area contributed by atoms with Crippen LogP contribution in [0.25, 0.3) is 0 Å². The van der Waals surface area contributed by atoms with Crippen molar-refractivity contribution < 1.29 is 4.84 Å². The number of hydrogen-bond donors (Lipinski definition) is 3. The molecule has 1 heterocycles. The third kappa shape index (κ3) is 2.16. The second kappa shape index (κ2) is 3.86. The molecule has 0 spiro atoms. The fourth-order valence-electron chi connectivity index (χ4n) is 0.908. The van der Waals surface area contributed by atoms with Crippen LogP contribution in [0, 0.1) is 12.3 Å². The van der Waals surface area contributed by atoms with Gasteiger partial charge in [-0.15, -0.1) is 0 Å². The molecule has 1 aromatic heterocycles. The van der Waals surface area contributed by atoms with Gasteiger partial charge in [-0.1, -0.05) is 0 Å². The Bertz CT molecular complexity index is 370. The van der Waals surface area contributed by atoms with E-state index in [1.807, 2.05) is 0 Å². The molecule has 0 fully saturated rings. The van der Waals surface area contributed by atoms with E-state index in [1.54, 1.807) is 19.1 Å². The molecule has 0 bridgehead atoms. The Morgan fingerprint density at radius 1 is 1.62 bits per heavy atom. The Hall–Kier alpha value is -1.62. The lowest BCUT2D eigenvalue weighted by atomic mass is 10.2. The molecule has 1 rings (SSSR count). The first kappa shape index (κ1) is 9.47. The van der Waals surface area contributed by atoms with Crippen molar-refractivity contribution in [1.29, 1.82) is 5.41 Å². The van der Waals surface area contributed by atoms with Crippen molar-refractivity contribution in [2.75, 3.05) is 7.05 Å². The largest absolute Gasteiger partial charge is 0.388 e. The minimum atomic E-state index is -0.319. The monoisotopic (exact) mass is 181 g/mol. The van der Waals surface area contributed by atoms with Gasteiger partial charge in [-0.05, 0) is 19.1 Å². The van der Waals surface area contributed by atoms with Gasteiger partial charge in [0.15, 0.2) is 0 Å². The number of aromatic amines is 1. The maximum absolute atomic E-state index is 11.3. The number of nitrogens with one attached hydrogen (secondary N) is 3. The molecule has 0 radical (unpaired) electrons. The lowest BCUT2D eigenvalue weighted by Gasteiger charge is -2.03.